The summed E-state index contributed by atoms with van der Waals surface area (Å²) in [6, 6.07) is 52.6. The van der Waals surface area contributed by atoms with Gasteiger partial charge >= 0.3 is 0 Å². The highest BCUT2D eigenvalue weighted by molar-refractivity contribution is 6.35. The number of benzene rings is 8. The Labute approximate surface area is 273 Å². The van der Waals surface area contributed by atoms with E-state index in [1.807, 2.05) is 6.07 Å². The molecule has 0 saturated carbocycles. The highest BCUT2D eigenvalue weighted by Crippen LogP contribution is 2.50. The molecule has 220 valence electrons. The Morgan fingerprint density at radius 3 is 1.81 bits per heavy atom. The summed E-state index contributed by atoms with van der Waals surface area (Å²) in [5.41, 5.74) is 10.1. The Balaban J connectivity index is 1.33. The van der Waals surface area contributed by atoms with Crippen molar-refractivity contribution in [1.29, 1.82) is 0 Å². The van der Waals surface area contributed by atoms with E-state index in [9.17, 15) is 0 Å². The molecule has 0 amide bonds. The summed E-state index contributed by atoms with van der Waals surface area (Å²) in [6.07, 6.45) is 0. The third kappa shape index (κ3) is 2.89. The van der Waals surface area contributed by atoms with Crippen LogP contribution in [0.25, 0.3) is 115 Å². The summed E-state index contributed by atoms with van der Waals surface area (Å²) in [6.45, 7) is 0. The maximum absolute atomic E-state index is 6.72. The van der Waals surface area contributed by atoms with Gasteiger partial charge in [0.1, 0.15) is 17.0 Å². The van der Waals surface area contributed by atoms with Crippen LogP contribution < -0.4 is 0 Å². The van der Waals surface area contributed by atoms with Crippen molar-refractivity contribution in [3.05, 3.63) is 146 Å². The van der Waals surface area contributed by atoms with Crippen LogP contribution in [-0.2, 0) is 0 Å². The monoisotopic (exact) mass is 608 g/mol. The summed E-state index contributed by atoms with van der Waals surface area (Å²) < 4.78 is 9.14. The minimum absolute atomic E-state index is 0.894. The predicted octanol–water partition coefficient (Wildman–Crippen LogP) is 12.3. The van der Waals surface area contributed by atoms with Gasteiger partial charge in [-0.2, -0.15) is 0 Å². The number of hydrogen-bond donors (Lipinski definition) is 0. The number of para-hydroxylation sites is 1. The van der Waals surface area contributed by atoms with E-state index in [0.29, 0.717) is 0 Å². The molecule has 3 heteroatoms. The molecule has 48 heavy (non-hydrogen) atoms. The van der Waals surface area contributed by atoms with Crippen molar-refractivity contribution in [2.75, 3.05) is 0 Å². The molecule has 0 radical (unpaired) electrons. The van der Waals surface area contributed by atoms with E-state index in [1.54, 1.807) is 0 Å². The van der Waals surface area contributed by atoms with Crippen LogP contribution in [0.4, 0.5) is 0 Å². The van der Waals surface area contributed by atoms with Crippen LogP contribution in [0.5, 0.6) is 0 Å². The van der Waals surface area contributed by atoms with Gasteiger partial charge in [-0.1, -0.05) is 127 Å². The van der Waals surface area contributed by atoms with E-state index in [0.717, 1.165) is 71.2 Å². The molecule has 0 aliphatic heterocycles. The second-order valence-corrected chi connectivity index (χ2v) is 13.0. The van der Waals surface area contributed by atoms with Crippen molar-refractivity contribution in [1.82, 2.24) is 9.55 Å². The topological polar surface area (TPSA) is 31.0 Å². The lowest BCUT2D eigenvalue weighted by Crippen LogP contribution is -2.01. The molecule has 1 aliphatic carbocycles. The van der Waals surface area contributed by atoms with E-state index in [4.69, 9.17) is 9.40 Å². The molecule has 3 heterocycles. The third-order valence-electron chi connectivity index (χ3n) is 10.7. The fourth-order valence-corrected chi connectivity index (χ4v) is 8.79. The molecule has 8 aromatic carbocycles. The largest absolute Gasteiger partial charge is 0.455 e. The van der Waals surface area contributed by atoms with Gasteiger partial charge < -0.3 is 4.42 Å². The summed E-state index contributed by atoms with van der Waals surface area (Å²) in [4.78, 5) is 5.69. The van der Waals surface area contributed by atoms with E-state index in [2.05, 4.69) is 144 Å². The standard InChI is InChI=1S/C45H24N2O/c1-2-13-27-26(12-1)28-19-9-11-25-23-24-36-42(38(25)28)40-29(27)20-10-21-35(40)47(36)45-33-17-6-4-15-31(33)41-43(46-45)32-16-5-3-14-30(32)39-34-18-7-8-22-37(34)48-44(39)41/h1-24H. The number of furan rings is 1. The van der Waals surface area contributed by atoms with Crippen LogP contribution in [0.3, 0.4) is 0 Å². The number of pyridine rings is 1. The van der Waals surface area contributed by atoms with E-state index < -0.39 is 0 Å². The van der Waals surface area contributed by atoms with E-state index in [-0.39, 0.29) is 0 Å². The van der Waals surface area contributed by atoms with Crippen molar-refractivity contribution in [3.8, 4) is 28.1 Å². The van der Waals surface area contributed by atoms with Crippen LogP contribution in [0, 0.1) is 0 Å². The molecule has 1 aliphatic rings. The minimum atomic E-state index is 0.894. The van der Waals surface area contributed by atoms with Crippen molar-refractivity contribution in [3.63, 3.8) is 0 Å². The maximum atomic E-state index is 6.72. The average Bonchev–Trinajstić information content (AvgIpc) is 3.67. The predicted molar refractivity (Wildman–Crippen MR) is 200 cm³/mol. The number of fused-ring (bicyclic) bond motifs is 13. The number of rotatable bonds is 1. The highest BCUT2D eigenvalue weighted by Gasteiger charge is 2.27. The zero-order chi connectivity index (χ0) is 31.1. The van der Waals surface area contributed by atoms with Gasteiger partial charge in [0.2, 0.25) is 0 Å². The van der Waals surface area contributed by atoms with E-state index >= 15 is 0 Å². The molecule has 0 atom stereocenters. The van der Waals surface area contributed by atoms with Crippen molar-refractivity contribution in [2.45, 2.75) is 0 Å². The molecular formula is C45H24N2O. The first kappa shape index (κ1) is 24.7. The Morgan fingerprint density at radius 1 is 0.396 bits per heavy atom. The summed E-state index contributed by atoms with van der Waals surface area (Å²) in [5.74, 6) is 0.932. The first-order chi connectivity index (χ1) is 23.8. The third-order valence-corrected chi connectivity index (χ3v) is 10.7. The molecule has 11 aromatic rings. The van der Waals surface area contributed by atoms with E-state index in [1.165, 1.54) is 43.8 Å². The molecule has 0 spiro atoms. The molecule has 3 nitrogen and oxygen atoms in total. The summed E-state index contributed by atoms with van der Waals surface area (Å²) in [5, 5.41) is 13.0. The molecule has 0 unspecified atom stereocenters. The number of nitrogens with zero attached hydrogens (tertiary/aromatic N) is 2. The van der Waals surface area contributed by atoms with Gasteiger partial charge in [0.05, 0.1) is 21.9 Å². The van der Waals surface area contributed by atoms with Crippen LogP contribution >= 0.6 is 0 Å². The molecule has 0 saturated heterocycles. The smallest absolute Gasteiger partial charge is 0.146 e. The van der Waals surface area contributed by atoms with Gasteiger partial charge in [-0.25, -0.2) is 4.98 Å². The molecule has 0 bridgehead atoms. The lowest BCUT2D eigenvalue weighted by molar-refractivity contribution is 0.673. The van der Waals surface area contributed by atoms with Crippen molar-refractivity contribution in [2.24, 2.45) is 0 Å². The normalized spacial score (nSPS) is 12.6. The van der Waals surface area contributed by atoms with Gasteiger partial charge in [0.15, 0.2) is 0 Å². The van der Waals surface area contributed by atoms with Crippen molar-refractivity contribution >= 4 is 87.0 Å². The number of hydrogen-bond acceptors (Lipinski definition) is 2. The fourth-order valence-electron chi connectivity index (χ4n) is 8.79. The van der Waals surface area contributed by atoms with Crippen LogP contribution in [0.15, 0.2) is 150 Å². The fraction of sp³-hybridized carbons (Fsp3) is 0. The minimum Gasteiger partial charge on any atom is -0.455 e. The number of aromatic nitrogens is 2. The van der Waals surface area contributed by atoms with Gasteiger partial charge in [-0.05, 0) is 62.0 Å². The molecule has 0 fully saturated rings. The van der Waals surface area contributed by atoms with Gasteiger partial charge in [0, 0.05) is 32.3 Å². The zero-order valence-electron chi connectivity index (χ0n) is 25.7. The Bertz CT molecular complexity index is 3230. The first-order valence-electron chi connectivity index (χ1n) is 16.5. The first-order valence-corrected chi connectivity index (χ1v) is 16.5. The molecule has 3 aromatic heterocycles. The Hall–Kier alpha value is -6.45. The highest BCUT2D eigenvalue weighted by atomic mass is 16.3. The summed E-state index contributed by atoms with van der Waals surface area (Å²) in [7, 11) is 0. The summed E-state index contributed by atoms with van der Waals surface area (Å²) >= 11 is 0. The maximum Gasteiger partial charge on any atom is 0.146 e. The van der Waals surface area contributed by atoms with Gasteiger partial charge in [0.25, 0.3) is 0 Å². The zero-order valence-corrected chi connectivity index (χ0v) is 25.7. The quantitative estimate of drug-likeness (QED) is 0.174. The Kier molecular flexibility index (Phi) is 4.47. The lowest BCUT2D eigenvalue weighted by atomic mass is 9.93. The average molecular weight is 609 g/mol. The van der Waals surface area contributed by atoms with Gasteiger partial charge in [-0.15, -0.1) is 0 Å². The van der Waals surface area contributed by atoms with Gasteiger partial charge in [-0.3, -0.25) is 4.57 Å². The van der Waals surface area contributed by atoms with Crippen LogP contribution in [0.1, 0.15) is 0 Å². The molecule has 0 N–H and O–H groups in total. The SMILES string of the molecule is c1ccc2c(c1)-c1cccc3ccc4c(c13)c1c-2cccc1n4-c1nc2c3ccccc3c3c4ccccc4oc3c2c2ccccc12. The Morgan fingerprint density at radius 2 is 1.00 bits per heavy atom. The lowest BCUT2D eigenvalue weighted by Gasteiger charge is -2.16. The molecule has 12 rings (SSSR count). The van der Waals surface area contributed by atoms with Crippen molar-refractivity contribution < 1.29 is 4.42 Å². The molecular weight excluding hydrogens is 585 g/mol. The second kappa shape index (κ2) is 8.67. The second-order valence-electron chi connectivity index (χ2n) is 13.0. The van der Waals surface area contributed by atoms with Crippen LogP contribution in [-0.4, -0.2) is 9.55 Å². The van der Waals surface area contributed by atoms with Crippen LogP contribution in [0.2, 0.25) is 0 Å².